The largest absolute Gasteiger partial charge is 0.440 e. The number of hydrogen-bond acceptors (Lipinski definition) is 5. The van der Waals surface area contributed by atoms with Crippen LogP contribution in [0.1, 0.15) is 0 Å². The van der Waals surface area contributed by atoms with Crippen molar-refractivity contribution in [2.75, 3.05) is 5.32 Å². The molecule has 0 spiro atoms. The number of furan rings is 1. The maximum atomic E-state index is 5.56. The van der Waals surface area contributed by atoms with Crippen molar-refractivity contribution < 1.29 is 4.42 Å². The van der Waals surface area contributed by atoms with E-state index in [1.807, 2.05) is 30.3 Å². The van der Waals surface area contributed by atoms with E-state index in [-0.39, 0.29) is 0 Å². The minimum Gasteiger partial charge on any atom is -0.440 e. The van der Waals surface area contributed by atoms with Gasteiger partial charge in [0.2, 0.25) is 11.8 Å². The fourth-order valence-corrected chi connectivity index (χ4v) is 1.46. The van der Waals surface area contributed by atoms with Gasteiger partial charge in [-0.1, -0.05) is 18.2 Å². The molecule has 2 heterocycles. The van der Waals surface area contributed by atoms with Crippen LogP contribution in [0.3, 0.4) is 0 Å². The van der Waals surface area contributed by atoms with E-state index in [0.29, 0.717) is 11.8 Å². The van der Waals surface area contributed by atoms with E-state index in [4.69, 9.17) is 4.42 Å². The van der Waals surface area contributed by atoms with Gasteiger partial charge in [-0.25, -0.2) is 15.0 Å². The molecule has 0 radical (unpaired) electrons. The molecule has 0 fully saturated rings. The first-order chi connectivity index (χ1) is 7.92. The van der Waals surface area contributed by atoms with Gasteiger partial charge >= 0.3 is 0 Å². The highest BCUT2D eigenvalue weighted by atomic mass is 16.3. The fraction of sp³-hybridized carbons (Fsp3) is 0. The number of para-hydroxylation sites is 1. The molecule has 0 aliphatic rings. The first-order valence-corrected chi connectivity index (χ1v) is 4.79. The lowest BCUT2D eigenvalue weighted by molar-refractivity contribution is 0.633. The van der Waals surface area contributed by atoms with Crippen molar-refractivity contribution in [2.45, 2.75) is 0 Å². The zero-order valence-corrected chi connectivity index (χ0v) is 8.29. The van der Waals surface area contributed by atoms with Crippen LogP contribution in [0.2, 0.25) is 0 Å². The van der Waals surface area contributed by atoms with Gasteiger partial charge in [0.25, 0.3) is 0 Å². The molecule has 0 aliphatic heterocycles. The van der Waals surface area contributed by atoms with Crippen LogP contribution < -0.4 is 5.32 Å². The molecule has 5 heteroatoms. The zero-order chi connectivity index (χ0) is 10.8. The molecule has 5 nitrogen and oxygen atoms in total. The highest BCUT2D eigenvalue weighted by Crippen LogP contribution is 2.23. The molecule has 1 N–H and O–H groups in total. The normalized spacial score (nSPS) is 10.5. The zero-order valence-electron chi connectivity index (χ0n) is 8.29. The minimum absolute atomic E-state index is 0.467. The summed E-state index contributed by atoms with van der Waals surface area (Å²) in [6.07, 6.45) is 2.86. The van der Waals surface area contributed by atoms with Gasteiger partial charge in [0.15, 0.2) is 0 Å². The first kappa shape index (κ1) is 8.84. The predicted octanol–water partition coefficient (Wildman–Crippen LogP) is 2.36. The van der Waals surface area contributed by atoms with E-state index in [9.17, 15) is 0 Å². The molecule has 1 aromatic carbocycles. The van der Waals surface area contributed by atoms with Crippen LogP contribution in [0.4, 0.5) is 11.8 Å². The Labute approximate surface area is 91.2 Å². The Morgan fingerprint density at radius 1 is 1.06 bits per heavy atom. The number of aromatic nitrogens is 3. The summed E-state index contributed by atoms with van der Waals surface area (Å²) in [5.41, 5.74) is 0.832. The van der Waals surface area contributed by atoms with Gasteiger partial charge < -0.3 is 4.42 Å². The van der Waals surface area contributed by atoms with Gasteiger partial charge in [-0.05, 0) is 6.07 Å². The van der Waals surface area contributed by atoms with Gasteiger partial charge in [0, 0.05) is 11.5 Å². The second-order valence-corrected chi connectivity index (χ2v) is 3.24. The van der Waals surface area contributed by atoms with Crippen molar-refractivity contribution in [2.24, 2.45) is 0 Å². The molecule has 78 valence electrons. The van der Waals surface area contributed by atoms with E-state index in [1.54, 1.807) is 0 Å². The third-order valence-electron chi connectivity index (χ3n) is 2.15. The molecule has 2 aromatic heterocycles. The topological polar surface area (TPSA) is 63.8 Å². The van der Waals surface area contributed by atoms with E-state index < -0.39 is 0 Å². The number of hydrogen-bond donors (Lipinski definition) is 1. The van der Waals surface area contributed by atoms with Crippen LogP contribution in [0.5, 0.6) is 0 Å². The number of fused-ring (bicyclic) bond motifs is 1. The summed E-state index contributed by atoms with van der Waals surface area (Å²) in [6, 6.07) is 9.69. The molecule has 0 atom stereocenters. The number of nitrogens with one attached hydrogen (secondary N) is 1. The van der Waals surface area contributed by atoms with E-state index in [1.165, 1.54) is 12.7 Å². The molecule has 3 aromatic rings. The molecular weight excluding hydrogens is 204 g/mol. The molecule has 0 bridgehead atoms. The lowest BCUT2D eigenvalue weighted by Crippen LogP contribution is -1.94. The van der Waals surface area contributed by atoms with Crippen LogP contribution in [-0.2, 0) is 0 Å². The summed E-state index contributed by atoms with van der Waals surface area (Å²) in [6.45, 7) is 0. The van der Waals surface area contributed by atoms with E-state index in [2.05, 4.69) is 20.3 Å². The van der Waals surface area contributed by atoms with Gasteiger partial charge in [0.05, 0.1) is 0 Å². The first-order valence-electron chi connectivity index (χ1n) is 4.79. The van der Waals surface area contributed by atoms with Crippen LogP contribution in [0.15, 0.2) is 47.4 Å². The Morgan fingerprint density at radius 3 is 2.69 bits per heavy atom. The summed E-state index contributed by atoms with van der Waals surface area (Å²) in [5, 5.41) is 4.01. The Hall–Kier alpha value is -2.43. The molecule has 0 unspecified atom stereocenters. The molecule has 0 saturated heterocycles. The van der Waals surface area contributed by atoms with Crippen molar-refractivity contribution in [1.29, 1.82) is 0 Å². The third kappa shape index (κ3) is 1.58. The Morgan fingerprint density at radius 2 is 1.88 bits per heavy atom. The number of rotatable bonds is 2. The van der Waals surface area contributed by atoms with Crippen molar-refractivity contribution >= 4 is 22.8 Å². The summed E-state index contributed by atoms with van der Waals surface area (Å²) < 4.78 is 5.56. The van der Waals surface area contributed by atoms with Gasteiger partial charge in [-0.15, -0.1) is 0 Å². The van der Waals surface area contributed by atoms with Crippen LogP contribution in [0.25, 0.3) is 11.0 Å². The maximum absolute atomic E-state index is 5.56. The molecule has 0 aliphatic carbocycles. The quantitative estimate of drug-likeness (QED) is 0.706. The Balaban J connectivity index is 1.95. The van der Waals surface area contributed by atoms with Crippen LogP contribution in [0, 0.1) is 0 Å². The highest BCUT2D eigenvalue weighted by Gasteiger charge is 2.03. The standard InChI is InChI=1S/C11H8N4O/c1-2-4-9-8(3-1)5-10(16-9)15-11-13-6-12-7-14-11/h1-7H,(H,12,13,14,15). The number of nitrogens with zero attached hydrogens (tertiary/aromatic N) is 3. The van der Waals surface area contributed by atoms with Crippen LogP contribution >= 0.6 is 0 Å². The summed E-state index contributed by atoms with van der Waals surface area (Å²) >= 11 is 0. The summed E-state index contributed by atoms with van der Waals surface area (Å²) in [4.78, 5) is 11.6. The van der Waals surface area contributed by atoms with Gasteiger partial charge in [0.1, 0.15) is 18.2 Å². The Bertz CT molecular complexity index is 572. The Kier molecular flexibility index (Phi) is 2.00. The average molecular weight is 212 g/mol. The highest BCUT2D eigenvalue weighted by molar-refractivity contribution is 5.81. The van der Waals surface area contributed by atoms with E-state index >= 15 is 0 Å². The lowest BCUT2D eigenvalue weighted by atomic mass is 10.3. The number of anilines is 2. The van der Waals surface area contributed by atoms with Crippen molar-refractivity contribution in [3.63, 3.8) is 0 Å². The second kappa shape index (κ2) is 3.62. The van der Waals surface area contributed by atoms with Crippen molar-refractivity contribution in [3.05, 3.63) is 43.0 Å². The molecule has 0 saturated carbocycles. The SMILES string of the molecule is c1ccc2oc(Nc3ncncn3)cc2c1. The fourth-order valence-electron chi connectivity index (χ4n) is 1.46. The molecule has 16 heavy (non-hydrogen) atoms. The van der Waals surface area contributed by atoms with Gasteiger partial charge in [-0.3, -0.25) is 5.32 Å². The third-order valence-corrected chi connectivity index (χ3v) is 2.15. The minimum atomic E-state index is 0.467. The smallest absolute Gasteiger partial charge is 0.232 e. The second-order valence-electron chi connectivity index (χ2n) is 3.24. The monoisotopic (exact) mass is 212 g/mol. The van der Waals surface area contributed by atoms with Crippen molar-refractivity contribution in [1.82, 2.24) is 15.0 Å². The summed E-state index contributed by atoms with van der Waals surface area (Å²) in [5.74, 6) is 1.08. The van der Waals surface area contributed by atoms with Crippen LogP contribution in [-0.4, -0.2) is 15.0 Å². The molecular formula is C11H8N4O. The van der Waals surface area contributed by atoms with Crippen molar-refractivity contribution in [3.8, 4) is 0 Å². The number of benzene rings is 1. The van der Waals surface area contributed by atoms with E-state index in [0.717, 1.165) is 11.0 Å². The molecule has 0 amide bonds. The van der Waals surface area contributed by atoms with Gasteiger partial charge in [-0.2, -0.15) is 0 Å². The summed E-state index contributed by atoms with van der Waals surface area (Å²) in [7, 11) is 0. The maximum Gasteiger partial charge on any atom is 0.232 e. The molecule has 3 rings (SSSR count). The predicted molar refractivity (Wildman–Crippen MR) is 59.3 cm³/mol. The lowest BCUT2D eigenvalue weighted by Gasteiger charge is -1.97. The average Bonchev–Trinajstić information content (AvgIpc) is 2.72.